The normalized spacial score (nSPS) is 10.6. The molecule has 0 aromatic carbocycles. The molecule has 0 radical (unpaired) electrons. The van der Waals surface area contributed by atoms with E-state index in [1.807, 2.05) is 6.92 Å². The lowest BCUT2D eigenvalue weighted by atomic mass is 10.4. The Kier molecular flexibility index (Phi) is 2.26. The van der Waals surface area contributed by atoms with E-state index in [0.717, 1.165) is 11.9 Å². The van der Waals surface area contributed by atoms with Crippen LogP contribution in [-0.4, -0.2) is 17.4 Å². The third-order valence-corrected chi connectivity index (χ3v) is 2.02. The van der Waals surface area contributed by atoms with Gasteiger partial charge < -0.3 is 14.7 Å². The van der Waals surface area contributed by atoms with Crippen molar-refractivity contribution in [1.82, 2.24) is 10.3 Å². The number of fused-ring (bicyclic) bond motifs is 1. The summed E-state index contributed by atoms with van der Waals surface area (Å²) in [6.07, 6.45) is 2.53. The van der Waals surface area contributed by atoms with Crippen molar-refractivity contribution >= 4 is 17.0 Å². The van der Waals surface area contributed by atoms with Gasteiger partial charge in [0.05, 0.1) is 11.8 Å². The minimum Gasteiger partial charge on any atom is -0.463 e. The molecular formula is C10H12N2O2. The van der Waals surface area contributed by atoms with Gasteiger partial charge in [0.15, 0.2) is 5.58 Å². The van der Waals surface area contributed by atoms with Gasteiger partial charge in [0.1, 0.15) is 5.69 Å². The Balaban J connectivity index is 2.18. The summed E-state index contributed by atoms with van der Waals surface area (Å²) in [5.74, 6) is -0.0850. The van der Waals surface area contributed by atoms with Gasteiger partial charge in [-0.25, -0.2) is 0 Å². The maximum Gasteiger partial charge on any atom is 0.267 e. The summed E-state index contributed by atoms with van der Waals surface area (Å²) in [6, 6.07) is 3.51. The second-order valence-corrected chi connectivity index (χ2v) is 3.14. The van der Waals surface area contributed by atoms with E-state index in [1.54, 1.807) is 18.4 Å². The molecule has 0 saturated carbocycles. The average Bonchev–Trinajstić information content (AvgIpc) is 2.72. The number of aromatic nitrogens is 1. The zero-order valence-corrected chi connectivity index (χ0v) is 7.96. The largest absolute Gasteiger partial charge is 0.463 e. The first-order valence-corrected chi connectivity index (χ1v) is 4.65. The summed E-state index contributed by atoms with van der Waals surface area (Å²) in [5.41, 5.74) is 2.12. The van der Waals surface area contributed by atoms with E-state index >= 15 is 0 Å². The fourth-order valence-electron chi connectivity index (χ4n) is 1.30. The standard InChI is InChI=1S/C10H12N2O2/c1-2-4-11-10(13)8-6-9-7(12-8)3-5-14-9/h3,5-6,12H,2,4H2,1H3,(H,11,13). The summed E-state index contributed by atoms with van der Waals surface area (Å²) in [6.45, 7) is 2.71. The van der Waals surface area contributed by atoms with E-state index in [9.17, 15) is 4.79 Å². The van der Waals surface area contributed by atoms with Gasteiger partial charge in [-0.3, -0.25) is 4.79 Å². The molecule has 0 bridgehead atoms. The van der Waals surface area contributed by atoms with Crippen LogP contribution in [0.3, 0.4) is 0 Å². The van der Waals surface area contributed by atoms with Crippen LogP contribution in [0.25, 0.3) is 11.1 Å². The van der Waals surface area contributed by atoms with Crippen molar-refractivity contribution in [2.24, 2.45) is 0 Å². The molecule has 2 rings (SSSR count). The SMILES string of the molecule is CCCNC(=O)c1cc2occc2[nH]1. The molecular weight excluding hydrogens is 180 g/mol. The first kappa shape index (κ1) is 8.87. The number of H-pyrrole nitrogens is 1. The Morgan fingerprint density at radius 3 is 3.21 bits per heavy atom. The number of nitrogens with one attached hydrogen (secondary N) is 2. The van der Waals surface area contributed by atoms with E-state index < -0.39 is 0 Å². The van der Waals surface area contributed by atoms with Crippen LogP contribution in [0.4, 0.5) is 0 Å². The summed E-state index contributed by atoms with van der Waals surface area (Å²) < 4.78 is 5.14. The molecule has 1 amide bonds. The van der Waals surface area contributed by atoms with Gasteiger partial charge in [-0.2, -0.15) is 0 Å². The molecule has 2 aromatic rings. The molecule has 0 aliphatic rings. The molecule has 0 fully saturated rings. The summed E-state index contributed by atoms with van der Waals surface area (Å²) in [4.78, 5) is 14.5. The quantitative estimate of drug-likeness (QED) is 0.780. The minimum atomic E-state index is -0.0850. The number of hydrogen-bond acceptors (Lipinski definition) is 2. The van der Waals surface area contributed by atoms with E-state index in [1.165, 1.54) is 0 Å². The number of carbonyl (C=O) groups excluding carboxylic acids is 1. The monoisotopic (exact) mass is 192 g/mol. The first-order valence-electron chi connectivity index (χ1n) is 4.65. The van der Waals surface area contributed by atoms with Crippen LogP contribution in [0.2, 0.25) is 0 Å². The molecule has 0 aliphatic carbocycles. The Hall–Kier alpha value is -1.71. The lowest BCUT2D eigenvalue weighted by Crippen LogP contribution is -2.24. The number of amides is 1. The summed E-state index contributed by atoms with van der Waals surface area (Å²) in [5, 5.41) is 2.79. The third kappa shape index (κ3) is 1.51. The minimum absolute atomic E-state index is 0.0850. The Morgan fingerprint density at radius 2 is 2.50 bits per heavy atom. The highest BCUT2D eigenvalue weighted by atomic mass is 16.3. The molecule has 4 nitrogen and oxygen atoms in total. The zero-order valence-electron chi connectivity index (χ0n) is 7.96. The van der Waals surface area contributed by atoms with E-state index in [4.69, 9.17) is 4.42 Å². The zero-order chi connectivity index (χ0) is 9.97. The summed E-state index contributed by atoms with van der Waals surface area (Å²) >= 11 is 0. The van der Waals surface area contributed by atoms with Crippen LogP contribution in [0.15, 0.2) is 22.8 Å². The van der Waals surface area contributed by atoms with Crippen LogP contribution >= 0.6 is 0 Å². The smallest absolute Gasteiger partial charge is 0.267 e. The number of furan rings is 1. The fourth-order valence-corrected chi connectivity index (χ4v) is 1.30. The van der Waals surface area contributed by atoms with Crippen molar-refractivity contribution in [3.8, 4) is 0 Å². The number of hydrogen-bond donors (Lipinski definition) is 2. The van der Waals surface area contributed by atoms with Gasteiger partial charge in [-0.05, 0) is 6.42 Å². The van der Waals surface area contributed by atoms with Crippen LogP contribution in [0.1, 0.15) is 23.8 Å². The van der Waals surface area contributed by atoms with Crippen LogP contribution < -0.4 is 5.32 Å². The average molecular weight is 192 g/mol. The van der Waals surface area contributed by atoms with Crippen molar-refractivity contribution in [3.05, 3.63) is 24.1 Å². The van der Waals surface area contributed by atoms with E-state index in [2.05, 4.69) is 10.3 Å². The van der Waals surface area contributed by atoms with Crippen LogP contribution in [0, 0.1) is 0 Å². The van der Waals surface area contributed by atoms with Gasteiger partial charge in [0, 0.05) is 18.7 Å². The highest BCUT2D eigenvalue weighted by Crippen LogP contribution is 2.15. The Bertz CT molecular complexity index is 413. The number of aromatic amines is 1. The van der Waals surface area contributed by atoms with Crippen molar-refractivity contribution in [1.29, 1.82) is 0 Å². The van der Waals surface area contributed by atoms with Gasteiger partial charge in [0.25, 0.3) is 5.91 Å². The highest BCUT2D eigenvalue weighted by Gasteiger charge is 2.09. The summed E-state index contributed by atoms with van der Waals surface area (Å²) in [7, 11) is 0. The molecule has 2 N–H and O–H groups in total. The second kappa shape index (κ2) is 3.57. The van der Waals surface area contributed by atoms with Gasteiger partial charge in [-0.15, -0.1) is 0 Å². The Labute approximate surface area is 81.3 Å². The molecule has 0 aliphatic heterocycles. The Morgan fingerprint density at radius 1 is 1.64 bits per heavy atom. The highest BCUT2D eigenvalue weighted by molar-refractivity contribution is 5.96. The maximum absolute atomic E-state index is 11.5. The maximum atomic E-state index is 11.5. The number of carbonyl (C=O) groups is 1. The van der Waals surface area contributed by atoms with Crippen LogP contribution in [0.5, 0.6) is 0 Å². The molecule has 14 heavy (non-hydrogen) atoms. The molecule has 74 valence electrons. The van der Waals surface area contributed by atoms with Gasteiger partial charge >= 0.3 is 0 Å². The first-order chi connectivity index (χ1) is 6.81. The third-order valence-electron chi connectivity index (χ3n) is 2.02. The van der Waals surface area contributed by atoms with Crippen molar-refractivity contribution in [2.45, 2.75) is 13.3 Å². The lowest BCUT2D eigenvalue weighted by Gasteiger charge is -1.99. The molecule has 0 saturated heterocycles. The predicted octanol–water partition coefficient (Wildman–Crippen LogP) is 1.90. The van der Waals surface area contributed by atoms with Crippen molar-refractivity contribution < 1.29 is 9.21 Å². The molecule has 2 heterocycles. The second-order valence-electron chi connectivity index (χ2n) is 3.14. The van der Waals surface area contributed by atoms with E-state index in [0.29, 0.717) is 17.8 Å². The number of rotatable bonds is 3. The molecule has 0 atom stereocenters. The van der Waals surface area contributed by atoms with Gasteiger partial charge in [-0.1, -0.05) is 6.92 Å². The van der Waals surface area contributed by atoms with E-state index in [-0.39, 0.29) is 5.91 Å². The lowest BCUT2D eigenvalue weighted by molar-refractivity contribution is 0.0949. The van der Waals surface area contributed by atoms with Crippen molar-refractivity contribution in [3.63, 3.8) is 0 Å². The predicted molar refractivity (Wildman–Crippen MR) is 53.2 cm³/mol. The topological polar surface area (TPSA) is 58.0 Å². The van der Waals surface area contributed by atoms with Crippen LogP contribution in [-0.2, 0) is 0 Å². The molecule has 2 aromatic heterocycles. The molecule has 0 unspecified atom stereocenters. The van der Waals surface area contributed by atoms with Crippen molar-refractivity contribution in [2.75, 3.05) is 6.54 Å². The van der Waals surface area contributed by atoms with Gasteiger partial charge in [0.2, 0.25) is 0 Å². The molecule has 4 heteroatoms. The molecule has 0 spiro atoms. The fraction of sp³-hybridized carbons (Fsp3) is 0.300.